The van der Waals surface area contributed by atoms with Gasteiger partial charge in [0.1, 0.15) is 6.54 Å². The maximum absolute atomic E-state index is 14.5. The monoisotopic (exact) mass is 465 g/mol. The fraction of sp³-hybridized carbons (Fsp3) is 0.708. The zero-order chi connectivity index (χ0) is 24.7. The first-order chi connectivity index (χ1) is 15.5. The normalized spacial score (nSPS) is 21.7. The Morgan fingerprint density at radius 3 is 2.42 bits per heavy atom. The van der Waals surface area contributed by atoms with Crippen LogP contribution in [0.5, 0.6) is 0 Å². The molecule has 2 aliphatic heterocycles. The van der Waals surface area contributed by atoms with Crippen molar-refractivity contribution in [2.75, 3.05) is 59.4 Å². The van der Waals surface area contributed by atoms with Crippen LogP contribution in [0.3, 0.4) is 0 Å². The van der Waals surface area contributed by atoms with Crippen LogP contribution in [-0.2, 0) is 14.4 Å². The summed E-state index contributed by atoms with van der Waals surface area (Å²) in [5, 5.41) is 0. The summed E-state index contributed by atoms with van der Waals surface area (Å²) in [5.74, 6) is -1.55. The summed E-state index contributed by atoms with van der Waals surface area (Å²) in [6, 6.07) is 0.622. The van der Waals surface area contributed by atoms with Gasteiger partial charge in [-0.2, -0.15) is 0 Å². The average Bonchev–Trinajstić information content (AvgIpc) is 2.79. The van der Waals surface area contributed by atoms with E-state index in [0.29, 0.717) is 45.3 Å². The van der Waals surface area contributed by atoms with Crippen molar-refractivity contribution in [1.82, 2.24) is 24.5 Å². The van der Waals surface area contributed by atoms with Gasteiger partial charge in [0.05, 0.1) is 0 Å². The molecule has 9 heteroatoms. The predicted molar refractivity (Wildman–Crippen MR) is 127 cm³/mol. The lowest BCUT2D eigenvalue weighted by molar-refractivity contribution is -0.144. The van der Waals surface area contributed by atoms with Gasteiger partial charge in [-0.25, -0.2) is 4.39 Å². The van der Waals surface area contributed by atoms with Crippen LogP contribution in [0.25, 0.3) is 0 Å². The Balaban J connectivity index is 1.77. The molecule has 186 valence electrons. The second-order valence-corrected chi connectivity index (χ2v) is 9.43. The molecule has 2 fully saturated rings. The lowest BCUT2D eigenvalue weighted by atomic mass is 10.1. The van der Waals surface area contributed by atoms with Gasteiger partial charge in [0.2, 0.25) is 11.8 Å². The van der Waals surface area contributed by atoms with E-state index >= 15 is 0 Å². The molecule has 2 heterocycles. The summed E-state index contributed by atoms with van der Waals surface area (Å²) >= 11 is 0. The largest absolute Gasteiger partial charge is 0.337 e. The number of nitrogens with zero attached hydrogens (tertiary/aromatic N) is 5. The second-order valence-electron chi connectivity index (χ2n) is 9.43. The summed E-state index contributed by atoms with van der Waals surface area (Å²) < 4.78 is 14.5. The van der Waals surface area contributed by atoms with Crippen LogP contribution in [0.2, 0.25) is 0 Å². The van der Waals surface area contributed by atoms with Crippen LogP contribution >= 0.6 is 0 Å². The van der Waals surface area contributed by atoms with Gasteiger partial charge in [-0.05, 0) is 53.3 Å². The third kappa shape index (κ3) is 7.37. The first-order valence-electron chi connectivity index (χ1n) is 11.8. The number of hydrogen-bond donors (Lipinski definition) is 0. The van der Waals surface area contributed by atoms with E-state index in [2.05, 4.69) is 32.3 Å². The van der Waals surface area contributed by atoms with Gasteiger partial charge in [0.25, 0.3) is 5.91 Å². The van der Waals surface area contributed by atoms with Crippen molar-refractivity contribution >= 4 is 17.7 Å². The maximum Gasteiger partial charge on any atom is 0.282 e. The first-order valence-corrected chi connectivity index (χ1v) is 11.8. The van der Waals surface area contributed by atoms with E-state index in [9.17, 15) is 18.8 Å². The quantitative estimate of drug-likeness (QED) is 0.481. The molecule has 8 nitrogen and oxygen atoms in total. The molecule has 0 N–H and O–H groups in total. The molecule has 0 saturated carbocycles. The molecule has 0 aromatic carbocycles. The Hall–Kier alpha value is -2.26. The number of halogens is 1. The molecule has 2 saturated heterocycles. The van der Waals surface area contributed by atoms with Gasteiger partial charge in [0, 0.05) is 63.9 Å². The van der Waals surface area contributed by atoms with Crippen molar-refractivity contribution in [2.45, 2.75) is 52.2 Å². The van der Waals surface area contributed by atoms with Crippen molar-refractivity contribution in [3.05, 3.63) is 24.6 Å². The maximum atomic E-state index is 14.5. The average molecular weight is 466 g/mol. The van der Waals surface area contributed by atoms with Gasteiger partial charge in [0.15, 0.2) is 5.83 Å². The third-order valence-electron chi connectivity index (χ3n) is 6.62. The van der Waals surface area contributed by atoms with Gasteiger partial charge >= 0.3 is 0 Å². The van der Waals surface area contributed by atoms with Crippen LogP contribution in [-0.4, -0.2) is 120 Å². The molecule has 0 aliphatic carbocycles. The Bertz CT molecular complexity index is 756. The highest BCUT2D eigenvalue weighted by molar-refractivity contribution is 5.92. The van der Waals surface area contributed by atoms with Crippen LogP contribution in [0.15, 0.2) is 24.6 Å². The number of rotatable bonds is 9. The number of likely N-dealkylation sites (N-methyl/N-ethyl adjacent to an activating group) is 1. The molecule has 0 bridgehead atoms. The number of piperazine rings is 2. The minimum Gasteiger partial charge on any atom is -0.337 e. The van der Waals surface area contributed by atoms with Crippen molar-refractivity contribution < 1.29 is 18.8 Å². The summed E-state index contributed by atoms with van der Waals surface area (Å²) in [4.78, 5) is 45.8. The van der Waals surface area contributed by atoms with Crippen LogP contribution in [0, 0.1) is 0 Å². The molecule has 0 radical (unpaired) electrons. The smallest absolute Gasteiger partial charge is 0.282 e. The van der Waals surface area contributed by atoms with E-state index in [4.69, 9.17) is 0 Å². The Kier molecular flexibility index (Phi) is 10.0. The van der Waals surface area contributed by atoms with Crippen LogP contribution < -0.4 is 0 Å². The fourth-order valence-electron chi connectivity index (χ4n) is 4.52. The summed E-state index contributed by atoms with van der Waals surface area (Å²) in [5.41, 5.74) is 0. The van der Waals surface area contributed by atoms with E-state index in [1.54, 1.807) is 9.80 Å². The Morgan fingerprint density at radius 1 is 1.18 bits per heavy atom. The minimum absolute atomic E-state index is 0.00938. The highest BCUT2D eigenvalue weighted by Gasteiger charge is 2.30. The number of carbonyl (C=O) groups is 3. The van der Waals surface area contributed by atoms with Crippen molar-refractivity contribution in [3.8, 4) is 0 Å². The van der Waals surface area contributed by atoms with E-state index in [1.807, 2.05) is 18.9 Å². The van der Waals surface area contributed by atoms with E-state index < -0.39 is 11.7 Å². The molecule has 2 unspecified atom stereocenters. The summed E-state index contributed by atoms with van der Waals surface area (Å²) in [6.45, 7) is 15.6. The molecule has 2 aliphatic rings. The highest BCUT2D eigenvalue weighted by atomic mass is 19.1. The number of amides is 3. The highest BCUT2D eigenvalue weighted by Crippen LogP contribution is 2.16. The molecule has 0 aromatic rings. The zero-order valence-electron chi connectivity index (χ0n) is 20.8. The molecule has 3 amide bonds. The molecule has 2 atom stereocenters. The van der Waals surface area contributed by atoms with Crippen molar-refractivity contribution in [1.29, 1.82) is 0 Å². The zero-order valence-corrected chi connectivity index (χ0v) is 20.8. The van der Waals surface area contributed by atoms with Gasteiger partial charge < -0.3 is 19.6 Å². The summed E-state index contributed by atoms with van der Waals surface area (Å²) in [6.07, 6.45) is 3.29. The van der Waals surface area contributed by atoms with E-state index in [1.165, 1.54) is 17.1 Å². The number of hydrogen-bond acceptors (Lipinski definition) is 5. The van der Waals surface area contributed by atoms with Crippen LogP contribution in [0.1, 0.15) is 34.1 Å². The lowest BCUT2D eigenvalue weighted by Gasteiger charge is -2.41. The molecule has 0 spiro atoms. The fourth-order valence-corrected chi connectivity index (χ4v) is 4.52. The van der Waals surface area contributed by atoms with Gasteiger partial charge in [-0.15, -0.1) is 0 Å². The Morgan fingerprint density at radius 2 is 1.85 bits per heavy atom. The molecule has 33 heavy (non-hydrogen) atoms. The van der Waals surface area contributed by atoms with Crippen molar-refractivity contribution in [3.63, 3.8) is 0 Å². The number of carbonyl (C=O) groups excluding carboxylic acids is 3. The second kappa shape index (κ2) is 12.3. The Labute approximate surface area is 197 Å². The van der Waals surface area contributed by atoms with E-state index in [0.717, 1.165) is 13.0 Å². The molecule has 0 aromatic heterocycles. The molecule has 2 rings (SSSR count). The minimum atomic E-state index is -0.710. The summed E-state index contributed by atoms with van der Waals surface area (Å²) in [7, 11) is 1.87. The van der Waals surface area contributed by atoms with E-state index in [-0.39, 0.29) is 30.4 Å². The SMILES string of the molecule is C=CC(=O)N1CCN(C(C)CCN(C)C/C=C(\F)C(=O)N2CCN(C(C)C)C(C)C2)C(=O)C1. The standard InChI is InChI=1S/C24H40FN5O3/c1-7-22(31)27-12-15-30(23(32)17-27)19(4)8-10-26(6)11-9-21(25)24(33)28-13-14-29(18(2)3)20(5)16-28/h7,9,18-20H,1,8,10-17H2,2-6H3/b21-9-. The van der Waals surface area contributed by atoms with Gasteiger partial charge in [-0.1, -0.05) is 6.58 Å². The van der Waals surface area contributed by atoms with Crippen molar-refractivity contribution in [2.24, 2.45) is 0 Å². The van der Waals surface area contributed by atoms with Gasteiger partial charge in [-0.3, -0.25) is 19.3 Å². The topological polar surface area (TPSA) is 67.4 Å². The predicted octanol–water partition coefficient (Wildman–Crippen LogP) is 1.35. The molecular weight excluding hydrogens is 425 g/mol. The first kappa shape index (κ1) is 27.0. The third-order valence-corrected chi connectivity index (χ3v) is 6.62. The lowest BCUT2D eigenvalue weighted by Crippen LogP contribution is -2.55. The molecular formula is C24H40FN5O3. The van der Waals surface area contributed by atoms with Crippen LogP contribution in [0.4, 0.5) is 4.39 Å².